The van der Waals surface area contributed by atoms with Crippen LogP contribution in [0, 0.1) is 0 Å². The number of nitrogens with zero attached hydrogens (tertiary/aromatic N) is 1. The summed E-state index contributed by atoms with van der Waals surface area (Å²) in [5, 5.41) is 6.35. The maximum absolute atomic E-state index is 12.6. The third-order valence-corrected chi connectivity index (χ3v) is 6.56. The Morgan fingerprint density at radius 1 is 1.32 bits per heavy atom. The number of hydrogen-bond acceptors (Lipinski definition) is 4. The molecule has 6 nitrogen and oxygen atoms in total. The molecule has 1 aromatic rings. The predicted octanol–water partition coefficient (Wildman–Crippen LogP) is 2.01. The molecule has 2 rings (SSSR count). The lowest BCUT2D eigenvalue weighted by atomic mass is 9.99. The number of carbonyl (C=O) groups is 1. The molecular formula is C17H28ClN3O3S. The van der Waals surface area contributed by atoms with Gasteiger partial charge in [-0.2, -0.15) is 4.31 Å². The minimum absolute atomic E-state index is 0. The lowest BCUT2D eigenvalue weighted by Crippen LogP contribution is -2.51. The van der Waals surface area contributed by atoms with Crippen molar-refractivity contribution < 1.29 is 13.2 Å². The Morgan fingerprint density at radius 3 is 2.60 bits per heavy atom. The number of nitrogens with one attached hydrogen (secondary N) is 2. The molecule has 1 fully saturated rings. The highest BCUT2D eigenvalue weighted by Gasteiger charge is 2.25. The molecule has 0 aliphatic carbocycles. The fraction of sp³-hybridized carbons (Fsp3) is 0.588. The monoisotopic (exact) mass is 389 g/mol. The van der Waals surface area contributed by atoms with Crippen LogP contribution in [0.15, 0.2) is 29.2 Å². The van der Waals surface area contributed by atoms with Gasteiger partial charge in [-0.15, -0.1) is 12.4 Å². The third kappa shape index (κ3) is 5.17. The minimum Gasteiger partial charge on any atom is -0.348 e. The summed E-state index contributed by atoms with van der Waals surface area (Å²) in [7, 11) is -3.56. The van der Waals surface area contributed by atoms with Crippen LogP contribution in [0.2, 0.25) is 0 Å². The first-order valence-electron chi connectivity index (χ1n) is 8.54. The van der Waals surface area contributed by atoms with E-state index in [0.29, 0.717) is 18.7 Å². The van der Waals surface area contributed by atoms with E-state index in [1.807, 2.05) is 6.92 Å². The average Bonchev–Trinajstić information content (AvgIpc) is 2.58. The maximum Gasteiger partial charge on any atom is 0.251 e. The zero-order valence-corrected chi connectivity index (χ0v) is 16.6. The summed E-state index contributed by atoms with van der Waals surface area (Å²) in [5.74, 6) is -0.229. The summed E-state index contributed by atoms with van der Waals surface area (Å²) in [6.45, 7) is 7.42. The van der Waals surface area contributed by atoms with E-state index in [1.54, 1.807) is 26.0 Å². The highest BCUT2D eigenvalue weighted by atomic mass is 35.5. The number of hydrogen-bond donors (Lipinski definition) is 2. The lowest BCUT2D eigenvalue weighted by Gasteiger charge is -2.30. The van der Waals surface area contributed by atoms with Gasteiger partial charge in [-0.05, 0) is 44.5 Å². The number of halogens is 1. The molecule has 142 valence electrons. The van der Waals surface area contributed by atoms with E-state index in [1.165, 1.54) is 16.4 Å². The smallest absolute Gasteiger partial charge is 0.251 e. The van der Waals surface area contributed by atoms with Crippen LogP contribution in [0.25, 0.3) is 0 Å². The number of sulfonamides is 1. The van der Waals surface area contributed by atoms with Crippen LogP contribution in [0.4, 0.5) is 0 Å². The number of carbonyl (C=O) groups excluding carboxylic acids is 1. The standard InChI is InChI=1S/C17H27N3O3S.ClH/c1-4-20(5-2)24(22,23)15-9-6-8-14(12-15)17(21)19-16-10-7-11-18-13(16)3;/h6,8-9,12-13,16,18H,4-5,7,10-11H2,1-3H3,(H,19,21);1H. The molecule has 1 aliphatic rings. The fourth-order valence-electron chi connectivity index (χ4n) is 3.00. The van der Waals surface area contributed by atoms with Crippen molar-refractivity contribution in [3.05, 3.63) is 29.8 Å². The van der Waals surface area contributed by atoms with Crippen LogP contribution in [-0.2, 0) is 10.0 Å². The highest BCUT2D eigenvalue weighted by Crippen LogP contribution is 2.17. The molecule has 2 unspecified atom stereocenters. The number of piperidine rings is 1. The number of rotatable bonds is 6. The second-order valence-electron chi connectivity index (χ2n) is 6.08. The van der Waals surface area contributed by atoms with E-state index in [4.69, 9.17) is 0 Å². The van der Waals surface area contributed by atoms with Gasteiger partial charge < -0.3 is 10.6 Å². The SMILES string of the molecule is CCN(CC)S(=O)(=O)c1cccc(C(=O)NC2CCCNC2C)c1.Cl. The van der Waals surface area contributed by atoms with Crippen molar-refractivity contribution in [3.8, 4) is 0 Å². The van der Waals surface area contributed by atoms with Gasteiger partial charge in [-0.3, -0.25) is 4.79 Å². The summed E-state index contributed by atoms with van der Waals surface area (Å²) in [4.78, 5) is 12.7. The first-order valence-corrected chi connectivity index (χ1v) is 9.98. The summed E-state index contributed by atoms with van der Waals surface area (Å²) in [6.07, 6.45) is 1.95. The summed E-state index contributed by atoms with van der Waals surface area (Å²) in [6, 6.07) is 6.55. The van der Waals surface area contributed by atoms with Crippen LogP contribution in [0.1, 0.15) is 44.0 Å². The van der Waals surface area contributed by atoms with Gasteiger partial charge in [0.05, 0.1) is 4.90 Å². The first kappa shape index (κ1) is 21.9. The Hall–Kier alpha value is -1.15. The van der Waals surface area contributed by atoms with Crippen molar-refractivity contribution >= 4 is 28.3 Å². The fourth-order valence-corrected chi connectivity index (χ4v) is 4.51. The summed E-state index contributed by atoms with van der Waals surface area (Å²) >= 11 is 0. The van der Waals surface area contributed by atoms with E-state index in [-0.39, 0.29) is 35.3 Å². The molecule has 0 bridgehead atoms. The van der Waals surface area contributed by atoms with Crippen LogP contribution >= 0.6 is 12.4 Å². The van der Waals surface area contributed by atoms with Crippen molar-refractivity contribution in [2.75, 3.05) is 19.6 Å². The number of amides is 1. The Morgan fingerprint density at radius 2 is 2.00 bits per heavy atom. The topological polar surface area (TPSA) is 78.5 Å². The van der Waals surface area contributed by atoms with Crippen molar-refractivity contribution in [2.24, 2.45) is 0 Å². The molecule has 0 saturated carbocycles. The van der Waals surface area contributed by atoms with Crippen molar-refractivity contribution in [2.45, 2.75) is 50.6 Å². The summed E-state index contributed by atoms with van der Waals surface area (Å²) in [5.41, 5.74) is 0.376. The van der Waals surface area contributed by atoms with Gasteiger partial charge in [0, 0.05) is 30.7 Å². The molecular weight excluding hydrogens is 362 g/mol. The zero-order chi connectivity index (χ0) is 17.7. The molecule has 2 atom stereocenters. The molecule has 1 aliphatic heterocycles. The lowest BCUT2D eigenvalue weighted by molar-refractivity contribution is 0.0919. The van der Waals surface area contributed by atoms with E-state index in [0.717, 1.165) is 19.4 Å². The van der Waals surface area contributed by atoms with Gasteiger partial charge in [0.25, 0.3) is 5.91 Å². The summed E-state index contributed by atoms with van der Waals surface area (Å²) < 4.78 is 26.6. The average molecular weight is 390 g/mol. The molecule has 2 N–H and O–H groups in total. The zero-order valence-electron chi connectivity index (χ0n) is 15.0. The molecule has 0 spiro atoms. The first-order chi connectivity index (χ1) is 11.4. The second-order valence-corrected chi connectivity index (χ2v) is 8.02. The van der Waals surface area contributed by atoms with Gasteiger partial charge in [0.2, 0.25) is 10.0 Å². The molecule has 1 heterocycles. The van der Waals surface area contributed by atoms with Crippen molar-refractivity contribution in [1.29, 1.82) is 0 Å². The van der Waals surface area contributed by atoms with Crippen LogP contribution in [0.3, 0.4) is 0 Å². The van der Waals surface area contributed by atoms with Gasteiger partial charge in [0.1, 0.15) is 0 Å². The Bertz CT molecular complexity index is 677. The third-order valence-electron chi connectivity index (χ3n) is 4.52. The molecule has 8 heteroatoms. The van der Waals surface area contributed by atoms with E-state index >= 15 is 0 Å². The normalized spacial score (nSPS) is 20.8. The van der Waals surface area contributed by atoms with Crippen molar-refractivity contribution in [1.82, 2.24) is 14.9 Å². The molecule has 25 heavy (non-hydrogen) atoms. The van der Waals surface area contributed by atoms with Crippen molar-refractivity contribution in [3.63, 3.8) is 0 Å². The van der Waals surface area contributed by atoms with Crippen LogP contribution in [0.5, 0.6) is 0 Å². The minimum atomic E-state index is -3.56. The predicted molar refractivity (Wildman–Crippen MR) is 102 cm³/mol. The Kier molecular flexibility index (Phi) is 8.34. The van der Waals surface area contributed by atoms with E-state index in [2.05, 4.69) is 10.6 Å². The van der Waals surface area contributed by atoms with Gasteiger partial charge in [-0.25, -0.2) is 8.42 Å². The maximum atomic E-state index is 12.6. The van der Waals surface area contributed by atoms with Gasteiger partial charge in [0.15, 0.2) is 0 Å². The molecule has 1 aromatic carbocycles. The Balaban J connectivity index is 0.00000312. The largest absolute Gasteiger partial charge is 0.348 e. The van der Waals surface area contributed by atoms with E-state index in [9.17, 15) is 13.2 Å². The molecule has 0 aromatic heterocycles. The molecule has 0 radical (unpaired) electrons. The van der Waals surface area contributed by atoms with Crippen LogP contribution in [-0.4, -0.2) is 50.3 Å². The van der Waals surface area contributed by atoms with E-state index < -0.39 is 10.0 Å². The van der Waals surface area contributed by atoms with Gasteiger partial charge >= 0.3 is 0 Å². The molecule has 1 saturated heterocycles. The quantitative estimate of drug-likeness (QED) is 0.780. The Labute approximate surface area is 156 Å². The molecule has 1 amide bonds. The highest BCUT2D eigenvalue weighted by molar-refractivity contribution is 7.89. The second kappa shape index (κ2) is 9.52. The van der Waals surface area contributed by atoms with Gasteiger partial charge in [-0.1, -0.05) is 19.9 Å². The van der Waals surface area contributed by atoms with Crippen LogP contribution < -0.4 is 10.6 Å². The number of benzene rings is 1.